The van der Waals surface area contributed by atoms with Gasteiger partial charge >= 0.3 is 0 Å². The van der Waals surface area contributed by atoms with Crippen LogP contribution in [0.15, 0.2) is 54.6 Å². The second-order valence-corrected chi connectivity index (χ2v) is 9.63. The molecule has 33 heavy (non-hydrogen) atoms. The number of para-hydroxylation sites is 2. The maximum atomic E-state index is 12.8. The molecule has 0 bridgehead atoms. The van der Waals surface area contributed by atoms with E-state index in [1.165, 1.54) is 11.1 Å². The number of aromatic nitrogens is 2. The highest BCUT2D eigenvalue weighted by Gasteiger charge is 2.25. The maximum Gasteiger partial charge on any atom is 0.237 e. The van der Waals surface area contributed by atoms with Crippen LogP contribution in [0.2, 0.25) is 0 Å². The minimum absolute atomic E-state index is 0.233. The van der Waals surface area contributed by atoms with Crippen molar-refractivity contribution in [1.82, 2.24) is 24.3 Å². The van der Waals surface area contributed by atoms with E-state index in [0.717, 1.165) is 50.6 Å². The predicted octanol–water partition coefficient (Wildman–Crippen LogP) is 3.85. The van der Waals surface area contributed by atoms with E-state index in [2.05, 4.69) is 96.7 Å². The van der Waals surface area contributed by atoms with Crippen molar-refractivity contribution in [2.45, 2.75) is 52.9 Å². The van der Waals surface area contributed by atoms with Crippen molar-refractivity contribution in [2.75, 3.05) is 32.7 Å². The van der Waals surface area contributed by atoms with Crippen LogP contribution in [0.4, 0.5) is 0 Å². The van der Waals surface area contributed by atoms with Crippen LogP contribution < -0.4 is 0 Å². The Morgan fingerprint density at radius 2 is 1.45 bits per heavy atom. The normalized spacial score (nSPS) is 15.6. The number of amides is 1. The summed E-state index contributed by atoms with van der Waals surface area (Å²) in [6.07, 6.45) is 0. The first-order valence-corrected chi connectivity index (χ1v) is 12.2. The number of imidazole rings is 1. The van der Waals surface area contributed by atoms with E-state index in [9.17, 15) is 4.79 Å². The Bertz CT molecular complexity index is 1040. The quantitative estimate of drug-likeness (QED) is 0.526. The molecular weight excluding hydrogens is 410 g/mol. The van der Waals surface area contributed by atoms with Gasteiger partial charge in [-0.05, 0) is 45.4 Å². The van der Waals surface area contributed by atoms with Crippen molar-refractivity contribution in [3.05, 3.63) is 66.0 Å². The van der Waals surface area contributed by atoms with E-state index in [-0.39, 0.29) is 18.0 Å². The number of piperazine rings is 1. The molecule has 1 fully saturated rings. The van der Waals surface area contributed by atoms with E-state index < -0.39 is 0 Å². The fraction of sp³-hybridized carbons (Fsp3) is 0.481. The number of fused-ring (bicyclic) bond motifs is 1. The number of carbonyl (C=O) groups is 1. The molecule has 1 aliphatic heterocycles. The van der Waals surface area contributed by atoms with Gasteiger partial charge < -0.3 is 9.47 Å². The fourth-order valence-electron chi connectivity index (χ4n) is 4.94. The molecule has 2 heterocycles. The van der Waals surface area contributed by atoms with E-state index in [1.807, 2.05) is 4.90 Å². The molecule has 0 radical (unpaired) electrons. The summed E-state index contributed by atoms with van der Waals surface area (Å²) in [4.78, 5) is 24.6. The molecule has 1 saturated heterocycles. The Labute approximate surface area is 197 Å². The zero-order valence-corrected chi connectivity index (χ0v) is 20.4. The summed E-state index contributed by atoms with van der Waals surface area (Å²) in [6, 6.07) is 19.4. The summed E-state index contributed by atoms with van der Waals surface area (Å²) in [5, 5.41) is 0. The van der Waals surface area contributed by atoms with Gasteiger partial charge in [-0.15, -0.1) is 0 Å². The Balaban J connectivity index is 1.41. The molecule has 0 atom stereocenters. The summed E-state index contributed by atoms with van der Waals surface area (Å²) < 4.78 is 2.35. The molecule has 1 amide bonds. The van der Waals surface area contributed by atoms with Crippen LogP contribution in [0.5, 0.6) is 0 Å². The number of benzene rings is 2. The van der Waals surface area contributed by atoms with Crippen molar-refractivity contribution in [3.63, 3.8) is 0 Å². The highest BCUT2D eigenvalue weighted by molar-refractivity contribution is 5.79. The number of carbonyl (C=O) groups excluding carboxylic acids is 1. The fourth-order valence-corrected chi connectivity index (χ4v) is 4.94. The van der Waals surface area contributed by atoms with Gasteiger partial charge in [-0.1, -0.05) is 42.5 Å². The van der Waals surface area contributed by atoms with Crippen molar-refractivity contribution in [2.24, 2.45) is 0 Å². The number of rotatable bonds is 8. The van der Waals surface area contributed by atoms with Gasteiger partial charge in [-0.2, -0.15) is 0 Å². The maximum absolute atomic E-state index is 12.8. The third-order valence-corrected chi connectivity index (χ3v) is 6.51. The molecule has 3 aromatic rings. The van der Waals surface area contributed by atoms with Gasteiger partial charge in [0.1, 0.15) is 5.82 Å². The van der Waals surface area contributed by atoms with Crippen molar-refractivity contribution in [1.29, 1.82) is 0 Å². The Morgan fingerprint density at radius 1 is 0.848 bits per heavy atom. The number of hydrogen-bond acceptors (Lipinski definition) is 4. The van der Waals surface area contributed by atoms with Gasteiger partial charge in [0, 0.05) is 44.8 Å². The van der Waals surface area contributed by atoms with Crippen LogP contribution in [-0.2, 0) is 17.9 Å². The van der Waals surface area contributed by atoms with E-state index in [4.69, 9.17) is 4.98 Å². The topological polar surface area (TPSA) is 44.6 Å². The lowest BCUT2D eigenvalue weighted by Gasteiger charge is -2.37. The number of hydrogen-bond donors (Lipinski definition) is 0. The van der Waals surface area contributed by atoms with Gasteiger partial charge in [0.15, 0.2) is 0 Å². The molecule has 0 unspecified atom stereocenters. The largest absolute Gasteiger partial charge is 0.337 e. The lowest BCUT2D eigenvalue weighted by atomic mass is 10.2. The summed E-state index contributed by atoms with van der Waals surface area (Å²) >= 11 is 0. The molecule has 0 aliphatic carbocycles. The van der Waals surface area contributed by atoms with Crippen LogP contribution in [0, 0.1) is 0 Å². The molecule has 1 aliphatic rings. The first-order chi connectivity index (χ1) is 15.9. The van der Waals surface area contributed by atoms with Crippen LogP contribution in [0.3, 0.4) is 0 Å². The second-order valence-electron chi connectivity index (χ2n) is 9.63. The molecule has 0 saturated carbocycles. The van der Waals surface area contributed by atoms with Crippen molar-refractivity contribution in [3.8, 4) is 0 Å². The number of nitrogens with zero attached hydrogens (tertiary/aromatic N) is 5. The van der Waals surface area contributed by atoms with Gasteiger partial charge in [0.25, 0.3) is 0 Å². The SMILES string of the molecule is CC(C)N(C(=O)CN1CCN(Cc2nc3ccccc3n2Cc2ccccc2)CC1)C(C)C. The minimum atomic E-state index is 0.233. The van der Waals surface area contributed by atoms with Gasteiger partial charge in [-0.3, -0.25) is 14.6 Å². The monoisotopic (exact) mass is 447 g/mol. The Kier molecular flexibility index (Phi) is 7.46. The average Bonchev–Trinajstić information content (AvgIpc) is 3.12. The summed E-state index contributed by atoms with van der Waals surface area (Å²) in [5.74, 6) is 1.34. The molecular formula is C27H37N5O. The highest BCUT2D eigenvalue weighted by Crippen LogP contribution is 2.20. The van der Waals surface area contributed by atoms with Gasteiger partial charge in [-0.25, -0.2) is 4.98 Å². The van der Waals surface area contributed by atoms with Gasteiger partial charge in [0.2, 0.25) is 5.91 Å². The first-order valence-electron chi connectivity index (χ1n) is 12.2. The second kappa shape index (κ2) is 10.5. The van der Waals surface area contributed by atoms with E-state index in [1.54, 1.807) is 0 Å². The van der Waals surface area contributed by atoms with Crippen molar-refractivity contribution < 1.29 is 4.79 Å². The lowest BCUT2D eigenvalue weighted by molar-refractivity contribution is -0.136. The third-order valence-electron chi connectivity index (χ3n) is 6.51. The van der Waals surface area contributed by atoms with Gasteiger partial charge in [0.05, 0.1) is 24.1 Å². The molecule has 6 heteroatoms. The van der Waals surface area contributed by atoms with Crippen LogP contribution >= 0.6 is 0 Å². The smallest absolute Gasteiger partial charge is 0.237 e. The molecule has 4 rings (SSSR count). The Morgan fingerprint density at radius 3 is 2.12 bits per heavy atom. The average molecular weight is 448 g/mol. The van der Waals surface area contributed by atoms with Crippen LogP contribution in [0.1, 0.15) is 39.1 Å². The minimum Gasteiger partial charge on any atom is -0.337 e. The zero-order valence-electron chi connectivity index (χ0n) is 20.4. The molecule has 2 aromatic carbocycles. The molecule has 0 N–H and O–H groups in total. The summed E-state index contributed by atoms with van der Waals surface area (Å²) in [6.45, 7) is 14.3. The molecule has 176 valence electrons. The Hall–Kier alpha value is -2.70. The molecule has 6 nitrogen and oxygen atoms in total. The van der Waals surface area contributed by atoms with Crippen LogP contribution in [0.25, 0.3) is 11.0 Å². The summed E-state index contributed by atoms with van der Waals surface area (Å²) in [7, 11) is 0. The van der Waals surface area contributed by atoms with E-state index >= 15 is 0 Å². The van der Waals surface area contributed by atoms with E-state index in [0.29, 0.717) is 6.54 Å². The highest BCUT2D eigenvalue weighted by atomic mass is 16.2. The standard InChI is InChI=1S/C27H37N5O/c1-21(2)32(22(3)4)27(33)20-30-16-14-29(15-17-30)19-26-28-24-12-8-9-13-25(24)31(26)18-23-10-6-5-7-11-23/h5-13,21-22H,14-20H2,1-4H3. The predicted molar refractivity (Wildman–Crippen MR) is 134 cm³/mol. The third kappa shape index (κ3) is 5.63. The first kappa shape index (κ1) is 23.5. The molecule has 1 aromatic heterocycles. The van der Waals surface area contributed by atoms with Crippen LogP contribution in [-0.4, -0.2) is 75.0 Å². The summed E-state index contributed by atoms with van der Waals surface area (Å²) in [5.41, 5.74) is 3.52. The zero-order chi connectivity index (χ0) is 23.4. The molecule has 0 spiro atoms. The van der Waals surface area contributed by atoms with Crippen molar-refractivity contribution >= 4 is 16.9 Å². The lowest BCUT2D eigenvalue weighted by Crippen LogP contribution is -2.52.